The first kappa shape index (κ1) is 12.0. The summed E-state index contributed by atoms with van der Waals surface area (Å²) < 4.78 is 0. The fourth-order valence-corrected chi connectivity index (χ4v) is 1.19. The number of anilines is 2. The Morgan fingerprint density at radius 1 is 0.933 bits per heavy atom. The summed E-state index contributed by atoms with van der Waals surface area (Å²) in [7, 11) is 0. The van der Waals surface area contributed by atoms with Crippen molar-refractivity contribution in [2.45, 2.75) is 31.8 Å². The van der Waals surface area contributed by atoms with Crippen molar-refractivity contribution in [3.05, 3.63) is 0 Å². The molecule has 0 aromatic carbocycles. The van der Waals surface area contributed by atoms with Crippen LogP contribution in [0.2, 0.25) is 0 Å². The minimum Gasteiger partial charge on any atom is -0.354 e. The molecule has 1 aromatic heterocycles. The van der Waals surface area contributed by atoms with Gasteiger partial charge in [0.15, 0.2) is 5.16 Å². The Bertz CT molecular complexity index is 278. The molecule has 0 radical (unpaired) electrons. The molecule has 5 nitrogen and oxygen atoms in total. The van der Waals surface area contributed by atoms with Gasteiger partial charge < -0.3 is 10.6 Å². The predicted octanol–water partition coefficient (Wildman–Crippen LogP) is 1.80. The topological polar surface area (TPSA) is 62.7 Å². The van der Waals surface area contributed by atoms with E-state index in [1.807, 2.05) is 0 Å². The third-order valence-electron chi connectivity index (χ3n) is 1.69. The van der Waals surface area contributed by atoms with Crippen LogP contribution in [0, 0.1) is 0 Å². The lowest BCUT2D eigenvalue weighted by atomic mass is 10.5. The summed E-state index contributed by atoms with van der Waals surface area (Å²) in [6.07, 6.45) is 2.07. The zero-order valence-corrected chi connectivity index (χ0v) is 10.0. The van der Waals surface area contributed by atoms with Crippen LogP contribution in [0.3, 0.4) is 0 Å². The number of thiol groups is 1. The van der Waals surface area contributed by atoms with Crippen molar-refractivity contribution in [3.8, 4) is 0 Å². The summed E-state index contributed by atoms with van der Waals surface area (Å²) in [5.41, 5.74) is 0. The molecule has 0 amide bonds. The average molecular weight is 227 g/mol. The van der Waals surface area contributed by atoms with Crippen LogP contribution in [-0.2, 0) is 0 Å². The standard InChI is InChI=1S/C9H17N5S/c1-3-5-10-7-12-8(11-6-4-2)14-9(15)13-7/h3-6H2,1-2H3,(H3,10,11,12,13,14,15). The van der Waals surface area contributed by atoms with Crippen LogP contribution in [0.4, 0.5) is 11.9 Å². The zero-order chi connectivity index (χ0) is 11.1. The van der Waals surface area contributed by atoms with Crippen LogP contribution in [-0.4, -0.2) is 28.0 Å². The van der Waals surface area contributed by atoms with Gasteiger partial charge in [-0.05, 0) is 12.8 Å². The third-order valence-corrected chi connectivity index (χ3v) is 1.89. The molecule has 0 bridgehead atoms. The number of hydrogen-bond acceptors (Lipinski definition) is 6. The van der Waals surface area contributed by atoms with Crippen molar-refractivity contribution in [3.63, 3.8) is 0 Å². The van der Waals surface area contributed by atoms with Gasteiger partial charge in [0, 0.05) is 13.1 Å². The van der Waals surface area contributed by atoms with Crippen molar-refractivity contribution in [1.29, 1.82) is 0 Å². The highest BCUT2D eigenvalue weighted by Gasteiger charge is 2.02. The lowest BCUT2D eigenvalue weighted by molar-refractivity contribution is 0.866. The molecule has 1 aromatic rings. The first-order chi connectivity index (χ1) is 7.26. The molecule has 0 aliphatic rings. The van der Waals surface area contributed by atoms with E-state index in [2.05, 4.69) is 52.1 Å². The van der Waals surface area contributed by atoms with Crippen LogP contribution < -0.4 is 10.6 Å². The van der Waals surface area contributed by atoms with Gasteiger partial charge in [-0.25, -0.2) is 0 Å². The number of nitrogens with one attached hydrogen (secondary N) is 2. The van der Waals surface area contributed by atoms with Gasteiger partial charge in [0.05, 0.1) is 0 Å². The fraction of sp³-hybridized carbons (Fsp3) is 0.667. The first-order valence-corrected chi connectivity index (χ1v) is 5.63. The summed E-state index contributed by atoms with van der Waals surface area (Å²) >= 11 is 4.13. The molecular weight excluding hydrogens is 210 g/mol. The van der Waals surface area contributed by atoms with Crippen LogP contribution in [0.5, 0.6) is 0 Å². The molecule has 0 spiro atoms. The summed E-state index contributed by atoms with van der Waals surface area (Å²) in [6.45, 7) is 5.88. The molecule has 1 heterocycles. The molecule has 0 fully saturated rings. The van der Waals surface area contributed by atoms with Crippen molar-refractivity contribution < 1.29 is 0 Å². The van der Waals surface area contributed by atoms with Gasteiger partial charge >= 0.3 is 0 Å². The molecule has 0 aliphatic heterocycles. The SMILES string of the molecule is CCCNc1nc(S)nc(NCCC)n1. The van der Waals surface area contributed by atoms with E-state index >= 15 is 0 Å². The van der Waals surface area contributed by atoms with E-state index in [1.54, 1.807) is 0 Å². The van der Waals surface area contributed by atoms with E-state index in [1.165, 1.54) is 0 Å². The third kappa shape index (κ3) is 4.33. The van der Waals surface area contributed by atoms with Gasteiger partial charge in [-0.2, -0.15) is 15.0 Å². The largest absolute Gasteiger partial charge is 0.354 e. The molecule has 1 rings (SSSR count). The highest BCUT2D eigenvalue weighted by Crippen LogP contribution is 2.07. The van der Waals surface area contributed by atoms with Crippen molar-refractivity contribution in [2.24, 2.45) is 0 Å². The van der Waals surface area contributed by atoms with E-state index in [0.29, 0.717) is 17.1 Å². The Balaban J connectivity index is 2.66. The molecule has 15 heavy (non-hydrogen) atoms. The lowest BCUT2D eigenvalue weighted by Crippen LogP contribution is -2.10. The van der Waals surface area contributed by atoms with Crippen LogP contribution >= 0.6 is 12.6 Å². The lowest BCUT2D eigenvalue weighted by Gasteiger charge is -2.06. The second kappa shape index (κ2) is 6.44. The van der Waals surface area contributed by atoms with Gasteiger partial charge in [-0.3, -0.25) is 0 Å². The Labute approximate surface area is 95.5 Å². The smallest absolute Gasteiger partial charge is 0.228 e. The Morgan fingerprint density at radius 2 is 1.40 bits per heavy atom. The van der Waals surface area contributed by atoms with E-state index in [-0.39, 0.29) is 0 Å². The Morgan fingerprint density at radius 3 is 1.80 bits per heavy atom. The maximum absolute atomic E-state index is 4.22. The second-order valence-electron chi connectivity index (χ2n) is 3.14. The quantitative estimate of drug-likeness (QED) is 0.647. The summed E-state index contributed by atoms with van der Waals surface area (Å²) in [6, 6.07) is 0. The molecule has 2 N–H and O–H groups in total. The minimum atomic E-state index is 0.433. The first-order valence-electron chi connectivity index (χ1n) is 5.19. The Kier molecular flexibility index (Phi) is 5.17. The maximum Gasteiger partial charge on any atom is 0.228 e. The number of hydrogen-bond donors (Lipinski definition) is 3. The highest BCUT2D eigenvalue weighted by atomic mass is 32.1. The normalized spacial score (nSPS) is 10.1. The van der Waals surface area contributed by atoms with Gasteiger partial charge in [-0.1, -0.05) is 13.8 Å². The van der Waals surface area contributed by atoms with Crippen molar-refractivity contribution in [1.82, 2.24) is 15.0 Å². The zero-order valence-electron chi connectivity index (χ0n) is 9.12. The van der Waals surface area contributed by atoms with Gasteiger partial charge in [0.1, 0.15) is 0 Å². The van der Waals surface area contributed by atoms with Crippen LogP contribution in [0.25, 0.3) is 0 Å². The van der Waals surface area contributed by atoms with Crippen LogP contribution in [0.15, 0.2) is 5.16 Å². The number of aromatic nitrogens is 3. The maximum atomic E-state index is 4.22. The summed E-state index contributed by atoms with van der Waals surface area (Å²) in [5, 5.41) is 6.63. The molecule has 84 valence electrons. The molecule has 0 unspecified atom stereocenters. The Hall–Kier alpha value is -1.04. The van der Waals surface area contributed by atoms with Crippen molar-refractivity contribution in [2.75, 3.05) is 23.7 Å². The molecule has 0 saturated carbocycles. The summed E-state index contributed by atoms with van der Waals surface area (Å²) in [4.78, 5) is 12.4. The molecule has 0 saturated heterocycles. The molecule has 0 aliphatic carbocycles. The second-order valence-corrected chi connectivity index (χ2v) is 3.54. The van der Waals surface area contributed by atoms with E-state index in [9.17, 15) is 0 Å². The predicted molar refractivity (Wildman–Crippen MR) is 64.6 cm³/mol. The van der Waals surface area contributed by atoms with Crippen molar-refractivity contribution >= 4 is 24.5 Å². The molecule has 6 heteroatoms. The molecular formula is C9H17N5S. The number of rotatable bonds is 6. The van der Waals surface area contributed by atoms with Gasteiger partial charge in [0.25, 0.3) is 0 Å². The van der Waals surface area contributed by atoms with E-state index in [4.69, 9.17) is 0 Å². The molecule has 0 atom stereocenters. The fourth-order valence-electron chi connectivity index (χ4n) is 0.996. The minimum absolute atomic E-state index is 0.433. The summed E-state index contributed by atoms with van der Waals surface area (Å²) in [5.74, 6) is 1.16. The van der Waals surface area contributed by atoms with E-state index < -0.39 is 0 Å². The average Bonchev–Trinajstić information content (AvgIpc) is 2.23. The van der Waals surface area contributed by atoms with Crippen LogP contribution in [0.1, 0.15) is 26.7 Å². The van der Waals surface area contributed by atoms with E-state index in [0.717, 1.165) is 25.9 Å². The monoisotopic (exact) mass is 227 g/mol. The van der Waals surface area contributed by atoms with Gasteiger partial charge in [-0.15, -0.1) is 12.6 Å². The number of nitrogens with zero attached hydrogens (tertiary/aromatic N) is 3. The van der Waals surface area contributed by atoms with Gasteiger partial charge in [0.2, 0.25) is 11.9 Å². The highest BCUT2D eigenvalue weighted by molar-refractivity contribution is 7.80.